The van der Waals surface area contributed by atoms with E-state index in [0.29, 0.717) is 16.8 Å². The minimum absolute atomic E-state index is 0.00981. The summed E-state index contributed by atoms with van der Waals surface area (Å²) in [5.74, 6) is -1.05. The number of benzene rings is 1. The Morgan fingerprint density at radius 3 is 2.48 bits per heavy atom. The lowest BCUT2D eigenvalue weighted by Crippen LogP contribution is -2.42. The molecule has 0 saturated carbocycles. The van der Waals surface area contributed by atoms with E-state index in [2.05, 4.69) is 10.4 Å². The fourth-order valence-corrected chi connectivity index (χ4v) is 6.20. The van der Waals surface area contributed by atoms with Gasteiger partial charge in [-0.1, -0.05) is 0 Å². The summed E-state index contributed by atoms with van der Waals surface area (Å²) in [5.41, 5.74) is 1.83. The number of carbonyl (C=O) groups is 2. The van der Waals surface area contributed by atoms with Crippen LogP contribution in [0.25, 0.3) is 0 Å². The molecule has 1 unspecified atom stereocenters. The number of nitrogens with one attached hydrogen (secondary N) is 1. The van der Waals surface area contributed by atoms with Crippen molar-refractivity contribution in [3.8, 4) is 0 Å². The van der Waals surface area contributed by atoms with Crippen LogP contribution in [0.3, 0.4) is 0 Å². The van der Waals surface area contributed by atoms with Crippen molar-refractivity contribution in [2.24, 2.45) is 5.10 Å². The van der Waals surface area contributed by atoms with Crippen LogP contribution in [0, 0.1) is 13.8 Å². The quantitative estimate of drug-likeness (QED) is 0.672. The van der Waals surface area contributed by atoms with Crippen LogP contribution in [0.1, 0.15) is 30.4 Å². The van der Waals surface area contributed by atoms with Crippen molar-refractivity contribution in [2.75, 3.05) is 30.9 Å². The molecular weight excluding hydrogens is 444 g/mol. The highest BCUT2D eigenvalue weighted by Crippen LogP contribution is 2.27. The van der Waals surface area contributed by atoms with Crippen molar-refractivity contribution in [1.29, 1.82) is 0 Å². The SMILES string of the molecule is Cc1cc(S(=O)(=O)N(C)C)cc(NC(=O)C2=NN(C3CCS(=O)(=O)C3)C(=O)CC2)c1C. The summed E-state index contributed by atoms with van der Waals surface area (Å²) in [6.07, 6.45) is 0.458. The van der Waals surface area contributed by atoms with Gasteiger partial charge in [-0.3, -0.25) is 9.59 Å². The maximum Gasteiger partial charge on any atom is 0.271 e. The molecule has 0 aliphatic carbocycles. The first-order valence-corrected chi connectivity index (χ1v) is 13.0. The lowest BCUT2D eigenvalue weighted by molar-refractivity contribution is -0.133. The van der Waals surface area contributed by atoms with Crippen molar-refractivity contribution >= 4 is 43.1 Å². The van der Waals surface area contributed by atoms with Crippen LogP contribution in [0.4, 0.5) is 5.69 Å². The number of hydrogen-bond acceptors (Lipinski definition) is 7. The van der Waals surface area contributed by atoms with Crippen molar-refractivity contribution in [3.05, 3.63) is 23.3 Å². The number of aryl methyl sites for hydroxylation is 1. The average Bonchev–Trinajstić information content (AvgIpc) is 3.04. The Hall–Kier alpha value is -2.31. The van der Waals surface area contributed by atoms with Gasteiger partial charge in [0.2, 0.25) is 15.9 Å². The highest BCUT2D eigenvalue weighted by atomic mass is 32.2. The smallest absolute Gasteiger partial charge is 0.271 e. The largest absolute Gasteiger partial charge is 0.321 e. The Morgan fingerprint density at radius 2 is 1.90 bits per heavy atom. The van der Waals surface area contributed by atoms with E-state index in [9.17, 15) is 26.4 Å². The van der Waals surface area contributed by atoms with Gasteiger partial charge in [0.15, 0.2) is 9.84 Å². The van der Waals surface area contributed by atoms with Gasteiger partial charge in [0, 0.05) is 32.6 Å². The number of amides is 2. The Morgan fingerprint density at radius 1 is 1.23 bits per heavy atom. The molecule has 0 aromatic heterocycles. The van der Waals surface area contributed by atoms with E-state index in [1.165, 1.54) is 20.2 Å². The summed E-state index contributed by atoms with van der Waals surface area (Å²) in [6.45, 7) is 3.51. The molecular formula is C19H26N4O6S2. The summed E-state index contributed by atoms with van der Waals surface area (Å²) in [6, 6.07) is 2.36. The number of nitrogens with zero attached hydrogens (tertiary/aromatic N) is 3. The Bertz CT molecular complexity index is 1170. The Balaban J connectivity index is 1.88. The maximum absolute atomic E-state index is 12.9. The third-order valence-corrected chi connectivity index (χ3v) is 9.09. The number of carbonyl (C=O) groups excluding carboxylic acids is 2. The molecule has 0 spiro atoms. The van der Waals surface area contributed by atoms with Gasteiger partial charge in [-0.2, -0.15) is 5.10 Å². The molecule has 1 N–H and O–H groups in total. The molecule has 2 amide bonds. The number of sulfonamides is 1. The third-order valence-electron chi connectivity index (χ3n) is 5.54. The van der Waals surface area contributed by atoms with Crippen LogP contribution in [-0.2, 0) is 29.4 Å². The van der Waals surface area contributed by atoms with Gasteiger partial charge in [-0.15, -0.1) is 0 Å². The summed E-state index contributed by atoms with van der Waals surface area (Å²) in [7, 11) is -4.06. The Kier molecular flexibility index (Phi) is 6.27. The summed E-state index contributed by atoms with van der Waals surface area (Å²) in [5, 5.41) is 7.98. The second-order valence-electron chi connectivity index (χ2n) is 8.00. The minimum Gasteiger partial charge on any atom is -0.321 e. The minimum atomic E-state index is -3.70. The molecule has 31 heavy (non-hydrogen) atoms. The topological polar surface area (TPSA) is 133 Å². The van der Waals surface area contributed by atoms with Crippen LogP contribution < -0.4 is 5.32 Å². The van der Waals surface area contributed by atoms with E-state index in [0.717, 1.165) is 9.31 Å². The fourth-order valence-electron chi connectivity index (χ4n) is 3.50. The van der Waals surface area contributed by atoms with Crippen molar-refractivity contribution in [1.82, 2.24) is 9.31 Å². The van der Waals surface area contributed by atoms with Gasteiger partial charge in [-0.25, -0.2) is 26.1 Å². The first-order valence-electron chi connectivity index (χ1n) is 9.77. The van der Waals surface area contributed by atoms with Crippen molar-refractivity contribution in [2.45, 2.75) is 44.0 Å². The Labute approximate surface area is 182 Å². The zero-order valence-electron chi connectivity index (χ0n) is 17.9. The van der Waals surface area contributed by atoms with Crippen LogP contribution in [0.2, 0.25) is 0 Å². The zero-order valence-corrected chi connectivity index (χ0v) is 19.5. The monoisotopic (exact) mass is 470 g/mol. The van der Waals surface area contributed by atoms with E-state index in [1.54, 1.807) is 19.9 Å². The second kappa shape index (κ2) is 8.32. The number of hydrogen-bond donors (Lipinski definition) is 1. The normalized spacial score (nSPS) is 21.3. The molecule has 1 aromatic carbocycles. The van der Waals surface area contributed by atoms with Gasteiger partial charge >= 0.3 is 0 Å². The predicted molar refractivity (Wildman–Crippen MR) is 116 cm³/mol. The zero-order chi connectivity index (χ0) is 23.1. The standard InChI is InChI=1S/C19H26N4O6S2/c1-12-9-15(31(28,29)22(3)4)10-17(13(12)2)20-19(25)16-5-6-18(24)23(21-16)14-7-8-30(26,27)11-14/h9-10,14H,5-8,11H2,1-4H3,(H,20,25). The average molecular weight is 471 g/mol. The molecule has 1 atom stereocenters. The molecule has 170 valence electrons. The van der Waals surface area contributed by atoms with E-state index >= 15 is 0 Å². The highest BCUT2D eigenvalue weighted by molar-refractivity contribution is 7.91. The molecule has 1 fully saturated rings. The van der Waals surface area contributed by atoms with Crippen molar-refractivity contribution < 1.29 is 26.4 Å². The molecule has 2 heterocycles. The molecule has 1 aromatic rings. The lowest BCUT2D eigenvalue weighted by atomic mass is 10.1. The summed E-state index contributed by atoms with van der Waals surface area (Å²) >= 11 is 0. The highest BCUT2D eigenvalue weighted by Gasteiger charge is 2.37. The number of anilines is 1. The fraction of sp³-hybridized carbons (Fsp3) is 0.526. The molecule has 2 aliphatic rings. The summed E-state index contributed by atoms with van der Waals surface area (Å²) in [4.78, 5) is 25.2. The van der Waals surface area contributed by atoms with E-state index in [1.807, 2.05) is 0 Å². The predicted octanol–water partition coefficient (Wildman–Crippen LogP) is 0.658. The number of rotatable bonds is 5. The first-order chi connectivity index (χ1) is 14.3. The molecule has 1 saturated heterocycles. The molecule has 10 nitrogen and oxygen atoms in total. The molecule has 3 rings (SSSR count). The van der Waals surface area contributed by atoms with E-state index in [-0.39, 0.29) is 47.3 Å². The third kappa shape index (κ3) is 4.80. The second-order valence-corrected chi connectivity index (χ2v) is 12.4. The van der Waals surface area contributed by atoms with Gasteiger partial charge < -0.3 is 5.32 Å². The number of hydrazone groups is 1. The van der Waals surface area contributed by atoms with Crippen LogP contribution >= 0.6 is 0 Å². The molecule has 0 bridgehead atoms. The first kappa shape index (κ1) is 23.4. The lowest BCUT2D eigenvalue weighted by Gasteiger charge is -2.27. The van der Waals surface area contributed by atoms with Crippen LogP contribution in [0.15, 0.2) is 22.1 Å². The van der Waals surface area contributed by atoms with Gasteiger partial charge in [0.1, 0.15) is 5.71 Å². The summed E-state index contributed by atoms with van der Waals surface area (Å²) < 4.78 is 49.6. The molecule has 0 radical (unpaired) electrons. The van der Waals surface area contributed by atoms with Crippen molar-refractivity contribution in [3.63, 3.8) is 0 Å². The molecule has 12 heteroatoms. The van der Waals surface area contributed by atoms with Crippen LogP contribution in [-0.4, -0.2) is 75.3 Å². The maximum atomic E-state index is 12.9. The number of sulfone groups is 1. The van der Waals surface area contributed by atoms with Gasteiger partial charge in [0.25, 0.3) is 5.91 Å². The molecule has 2 aliphatic heterocycles. The van der Waals surface area contributed by atoms with Gasteiger partial charge in [-0.05, 0) is 43.5 Å². The van der Waals surface area contributed by atoms with Gasteiger partial charge in [0.05, 0.1) is 22.4 Å². The van der Waals surface area contributed by atoms with Crippen LogP contribution in [0.5, 0.6) is 0 Å². The van der Waals surface area contributed by atoms with E-state index < -0.39 is 31.8 Å². The van der Waals surface area contributed by atoms with E-state index in [4.69, 9.17) is 0 Å².